The van der Waals surface area contributed by atoms with Crippen molar-refractivity contribution in [1.82, 2.24) is 19.9 Å². The van der Waals surface area contributed by atoms with Gasteiger partial charge in [-0.2, -0.15) is 0 Å². The molecule has 9 nitrogen and oxygen atoms in total. The van der Waals surface area contributed by atoms with E-state index in [1.165, 1.54) is 0 Å². The summed E-state index contributed by atoms with van der Waals surface area (Å²) in [4.78, 5) is 19.8. The van der Waals surface area contributed by atoms with Gasteiger partial charge in [0, 0.05) is 32.0 Å². The smallest absolute Gasteiger partial charge is 0.219 e. The minimum absolute atomic E-state index is 0.0737. The molecule has 3 aromatic rings. The molecule has 0 amide bonds. The molecule has 0 spiro atoms. The minimum Gasteiger partial charge on any atom is -0.395 e. The summed E-state index contributed by atoms with van der Waals surface area (Å²) in [6, 6.07) is 1.98. The molecular formula is C16H19N7O2S. The lowest BCUT2D eigenvalue weighted by molar-refractivity contribution is 0.122. The molecule has 4 rings (SSSR count). The van der Waals surface area contributed by atoms with Crippen molar-refractivity contribution in [2.24, 2.45) is 0 Å². The van der Waals surface area contributed by atoms with E-state index in [-0.39, 0.29) is 12.6 Å². The van der Waals surface area contributed by atoms with Gasteiger partial charge in [0.15, 0.2) is 11.6 Å². The Balaban J connectivity index is 1.81. The third-order valence-corrected chi connectivity index (χ3v) is 5.08. The molecule has 1 fully saturated rings. The first-order chi connectivity index (χ1) is 12.7. The molecular weight excluding hydrogens is 354 g/mol. The fraction of sp³-hybridized carbons (Fsp3) is 0.375. The van der Waals surface area contributed by atoms with Gasteiger partial charge in [0.1, 0.15) is 0 Å². The quantitative estimate of drug-likeness (QED) is 0.600. The number of nitrogen functional groups attached to an aromatic ring is 1. The number of nitrogens with two attached hydrogens (primary N) is 1. The number of ether oxygens (including phenoxy) is 1. The number of rotatable bonds is 5. The highest BCUT2D eigenvalue weighted by Crippen LogP contribution is 2.36. The van der Waals surface area contributed by atoms with E-state index in [2.05, 4.69) is 25.2 Å². The first-order valence-electron chi connectivity index (χ1n) is 8.31. The molecule has 0 bridgehead atoms. The van der Waals surface area contributed by atoms with Crippen LogP contribution in [-0.2, 0) is 4.74 Å². The predicted octanol–water partition coefficient (Wildman–Crippen LogP) is 0.971. The summed E-state index contributed by atoms with van der Waals surface area (Å²) < 4.78 is 6.47. The number of morpholine rings is 1. The van der Waals surface area contributed by atoms with Crippen LogP contribution in [0.15, 0.2) is 18.5 Å². The Labute approximate surface area is 153 Å². The van der Waals surface area contributed by atoms with Crippen LogP contribution in [0.25, 0.3) is 21.6 Å². The molecule has 0 aromatic carbocycles. The van der Waals surface area contributed by atoms with Crippen molar-refractivity contribution in [3.05, 3.63) is 18.5 Å². The molecule has 4 N–H and O–H groups in total. The van der Waals surface area contributed by atoms with Crippen molar-refractivity contribution in [3.8, 4) is 11.4 Å². The number of anilines is 3. The molecule has 4 heterocycles. The maximum atomic E-state index is 9.04. The molecule has 0 radical (unpaired) electrons. The Kier molecular flexibility index (Phi) is 4.78. The van der Waals surface area contributed by atoms with E-state index in [1.54, 1.807) is 23.7 Å². The van der Waals surface area contributed by atoms with Crippen LogP contribution < -0.4 is 16.0 Å². The number of aromatic nitrogens is 4. The van der Waals surface area contributed by atoms with Crippen LogP contribution in [0.2, 0.25) is 0 Å². The lowest BCUT2D eigenvalue weighted by atomic mass is 10.3. The Hall–Kier alpha value is -2.56. The van der Waals surface area contributed by atoms with Crippen LogP contribution in [0.3, 0.4) is 0 Å². The molecule has 26 heavy (non-hydrogen) atoms. The highest BCUT2D eigenvalue weighted by molar-refractivity contribution is 7.23. The molecule has 0 unspecified atom stereocenters. The van der Waals surface area contributed by atoms with Crippen molar-refractivity contribution in [1.29, 1.82) is 0 Å². The van der Waals surface area contributed by atoms with Gasteiger partial charge in [0.2, 0.25) is 5.95 Å². The first kappa shape index (κ1) is 16.9. The van der Waals surface area contributed by atoms with Gasteiger partial charge in [-0.15, -0.1) is 11.3 Å². The average Bonchev–Trinajstić information content (AvgIpc) is 3.09. The van der Waals surface area contributed by atoms with Crippen LogP contribution in [-0.4, -0.2) is 64.5 Å². The van der Waals surface area contributed by atoms with Crippen LogP contribution >= 0.6 is 11.3 Å². The number of nitrogens with zero attached hydrogens (tertiary/aromatic N) is 5. The SMILES string of the molecule is Nc1ncc(-c2nc(N3CCOCC3)c3sc(NCCO)cc3n2)cn1. The zero-order valence-electron chi connectivity index (χ0n) is 14.1. The zero-order valence-corrected chi connectivity index (χ0v) is 14.9. The third-order valence-electron chi connectivity index (χ3n) is 4.01. The summed E-state index contributed by atoms with van der Waals surface area (Å²) in [5, 5.41) is 13.2. The third kappa shape index (κ3) is 3.39. The van der Waals surface area contributed by atoms with Crippen molar-refractivity contribution < 1.29 is 9.84 Å². The van der Waals surface area contributed by atoms with E-state index >= 15 is 0 Å². The molecule has 0 saturated carbocycles. The molecule has 1 aliphatic rings. The van der Waals surface area contributed by atoms with Crippen LogP contribution in [0.5, 0.6) is 0 Å². The van der Waals surface area contributed by atoms with Gasteiger partial charge in [-0.3, -0.25) is 0 Å². The highest BCUT2D eigenvalue weighted by Gasteiger charge is 2.20. The van der Waals surface area contributed by atoms with E-state index in [4.69, 9.17) is 20.6 Å². The molecule has 1 aliphatic heterocycles. The Bertz CT molecular complexity index is 893. The number of aliphatic hydroxyl groups excluding tert-OH is 1. The Morgan fingerprint density at radius 1 is 1.23 bits per heavy atom. The fourth-order valence-corrected chi connectivity index (χ4v) is 3.79. The Morgan fingerprint density at radius 2 is 2.00 bits per heavy atom. The largest absolute Gasteiger partial charge is 0.395 e. The molecule has 3 aromatic heterocycles. The summed E-state index contributed by atoms with van der Waals surface area (Å²) in [5.41, 5.74) is 7.14. The lowest BCUT2D eigenvalue weighted by Crippen LogP contribution is -2.36. The monoisotopic (exact) mass is 373 g/mol. The van der Waals surface area contributed by atoms with E-state index in [0.717, 1.165) is 34.1 Å². The summed E-state index contributed by atoms with van der Waals surface area (Å²) in [7, 11) is 0. The van der Waals surface area contributed by atoms with Crippen molar-refractivity contribution in [2.75, 3.05) is 55.4 Å². The molecule has 1 saturated heterocycles. The number of hydrogen-bond donors (Lipinski definition) is 3. The molecule has 0 aliphatic carbocycles. The second-order valence-electron chi connectivity index (χ2n) is 5.78. The van der Waals surface area contributed by atoms with Crippen LogP contribution in [0, 0.1) is 0 Å². The zero-order chi connectivity index (χ0) is 17.9. The topological polar surface area (TPSA) is 122 Å². The van der Waals surface area contributed by atoms with Crippen molar-refractivity contribution in [2.45, 2.75) is 0 Å². The van der Waals surface area contributed by atoms with Crippen LogP contribution in [0.1, 0.15) is 0 Å². The summed E-state index contributed by atoms with van der Waals surface area (Å²) in [5.74, 6) is 1.66. The van der Waals surface area contributed by atoms with E-state index < -0.39 is 0 Å². The normalized spacial score (nSPS) is 14.7. The van der Waals surface area contributed by atoms with Gasteiger partial charge in [-0.05, 0) is 6.07 Å². The molecule has 0 atom stereocenters. The maximum Gasteiger partial charge on any atom is 0.219 e. The average molecular weight is 373 g/mol. The number of nitrogens with one attached hydrogen (secondary N) is 1. The lowest BCUT2D eigenvalue weighted by Gasteiger charge is -2.28. The number of aliphatic hydroxyl groups is 1. The summed E-state index contributed by atoms with van der Waals surface area (Å²) in [6.07, 6.45) is 3.26. The minimum atomic E-state index is 0.0737. The van der Waals surface area contributed by atoms with E-state index in [0.29, 0.717) is 31.1 Å². The van der Waals surface area contributed by atoms with Crippen molar-refractivity contribution in [3.63, 3.8) is 0 Å². The van der Waals surface area contributed by atoms with Gasteiger partial charge < -0.3 is 25.8 Å². The number of thiophene rings is 1. The second-order valence-corrected chi connectivity index (χ2v) is 6.83. The standard InChI is InChI=1S/C16H19N7O2S/c17-16-19-8-10(9-20-16)14-21-11-7-12(18-1-4-24)26-13(11)15(22-14)23-2-5-25-6-3-23/h7-9,18,24H,1-6H2,(H2,17,19,20). The molecule has 136 valence electrons. The van der Waals surface area contributed by atoms with E-state index in [1.807, 2.05) is 6.07 Å². The van der Waals surface area contributed by atoms with Gasteiger partial charge in [-0.1, -0.05) is 0 Å². The van der Waals surface area contributed by atoms with Gasteiger partial charge in [0.05, 0.1) is 40.6 Å². The van der Waals surface area contributed by atoms with Crippen LogP contribution in [0.4, 0.5) is 16.8 Å². The second kappa shape index (κ2) is 7.36. The summed E-state index contributed by atoms with van der Waals surface area (Å²) in [6.45, 7) is 3.47. The fourth-order valence-electron chi connectivity index (χ4n) is 2.75. The van der Waals surface area contributed by atoms with Crippen molar-refractivity contribution >= 4 is 38.3 Å². The predicted molar refractivity (Wildman–Crippen MR) is 101 cm³/mol. The number of hydrogen-bond acceptors (Lipinski definition) is 10. The number of fused-ring (bicyclic) bond motifs is 1. The summed E-state index contributed by atoms with van der Waals surface area (Å²) >= 11 is 1.58. The van der Waals surface area contributed by atoms with Gasteiger partial charge >= 0.3 is 0 Å². The van der Waals surface area contributed by atoms with Gasteiger partial charge in [0.25, 0.3) is 0 Å². The van der Waals surface area contributed by atoms with Gasteiger partial charge in [-0.25, -0.2) is 19.9 Å². The molecule has 10 heteroatoms. The Morgan fingerprint density at radius 3 is 2.73 bits per heavy atom. The van der Waals surface area contributed by atoms with E-state index in [9.17, 15) is 0 Å². The highest BCUT2D eigenvalue weighted by atomic mass is 32.1. The first-order valence-corrected chi connectivity index (χ1v) is 9.13. The maximum absolute atomic E-state index is 9.04.